The zero-order valence-corrected chi connectivity index (χ0v) is 10.9. The van der Waals surface area contributed by atoms with Crippen LogP contribution in [0.3, 0.4) is 0 Å². The van der Waals surface area contributed by atoms with E-state index >= 15 is 0 Å². The van der Waals surface area contributed by atoms with Crippen LogP contribution in [0.5, 0.6) is 0 Å². The Morgan fingerprint density at radius 1 is 1.44 bits per heavy atom. The maximum Gasteiger partial charge on any atom is 0.311 e. The predicted molar refractivity (Wildman–Crippen MR) is 64.9 cm³/mol. The van der Waals surface area contributed by atoms with Crippen LogP contribution in [-0.2, 0) is 9.53 Å². The van der Waals surface area contributed by atoms with Crippen molar-refractivity contribution in [3.63, 3.8) is 0 Å². The Balaban J connectivity index is 2.86. The molecule has 0 radical (unpaired) electrons. The zero-order chi connectivity index (χ0) is 12.1. The van der Waals surface area contributed by atoms with Gasteiger partial charge in [0.2, 0.25) is 0 Å². The molecule has 0 aliphatic heterocycles. The van der Waals surface area contributed by atoms with Crippen LogP contribution in [-0.4, -0.2) is 18.2 Å². The number of aliphatic hydroxyl groups is 1. The van der Waals surface area contributed by atoms with E-state index in [-0.39, 0.29) is 5.97 Å². The van der Waals surface area contributed by atoms with E-state index in [1.165, 1.54) is 7.11 Å². The van der Waals surface area contributed by atoms with Gasteiger partial charge in [-0.3, -0.25) is 4.79 Å². The molecule has 0 fully saturated rings. The summed E-state index contributed by atoms with van der Waals surface area (Å²) >= 11 is 3.32. The molecule has 1 rings (SSSR count). The molecular weight excluding hydrogens is 272 g/mol. The van der Waals surface area contributed by atoms with Gasteiger partial charge in [-0.05, 0) is 24.1 Å². The average molecular weight is 287 g/mol. The van der Waals surface area contributed by atoms with Crippen molar-refractivity contribution in [2.24, 2.45) is 5.92 Å². The van der Waals surface area contributed by atoms with Crippen molar-refractivity contribution in [2.45, 2.75) is 19.4 Å². The molecule has 2 unspecified atom stereocenters. The highest BCUT2D eigenvalue weighted by Crippen LogP contribution is 2.26. The Kier molecular flexibility index (Phi) is 4.96. The summed E-state index contributed by atoms with van der Waals surface area (Å²) < 4.78 is 5.60. The lowest BCUT2D eigenvalue weighted by atomic mass is 9.94. The molecule has 1 aromatic carbocycles. The third-order valence-electron chi connectivity index (χ3n) is 2.54. The van der Waals surface area contributed by atoms with Crippen molar-refractivity contribution in [1.29, 1.82) is 0 Å². The van der Waals surface area contributed by atoms with Gasteiger partial charge in [-0.15, -0.1) is 0 Å². The predicted octanol–water partition coefficient (Wildman–Crippen LogP) is 2.68. The van der Waals surface area contributed by atoms with E-state index in [9.17, 15) is 9.90 Å². The number of carbonyl (C=O) groups excluding carboxylic acids is 1. The summed E-state index contributed by atoms with van der Waals surface area (Å²) in [4.78, 5) is 11.4. The number of aliphatic hydroxyl groups excluding tert-OH is 1. The first-order valence-corrected chi connectivity index (χ1v) is 5.90. The minimum absolute atomic E-state index is 0.377. The minimum atomic E-state index is -0.814. The van der Waals surface area contributed by atoms with E-state index in [4.69, 9.17) is 0 Å². The molecule has 0 aromatic heterocycles. The number of ether oxygens (including phenoxy) is 1. The van der Waals surface area contributed by atoms with Crippen molar-refractivity contribution in [3.05, 3.63) is 34.3 Å². The lowest BCUT2D eigenvalue weighted by molar-refractivity contribution is -0.149. The Bertz CT molecular complexity index is 348. The van der Waals surface area contributed by atoms with Crippen LogP contribution in [0, 0.1) is 5.92 Å². The number of esters is 1. The number of hydrogen-bond acceptors (Lipinski definition) is 3. The summed E-state index contributed by atoms with van der Waals surface area (Å²) in [6.07, 6.45) is -0.269. The van der Waals surface area contributed by atoms with Crippen LogP contribution in [0.2, 0.25) is 0 Å². The standard InChI is InChI=1S/C12H15BrO3/c1-3-10(12(15)16-2)11(14)8-4-6-9(13)7-5-8/h4-7,10-11,14H,3H2,1-2H3. The zero-order valence-electron chi connectivity index (χ0n) is 9.31. The van der Waals surface area contributed by atoms with Gasteiger partial charge in [-0.25, -0.2) is 0 Å². The first-order valence-electron chi connectivity index (χ1n) is 5.11. The molecule has 0 aliphatic rings. The van der Waals surface area contributed by atoms with Crippen LogP contribution >= 0.6 is 15.9 Å². The Morgan fingerprint density at radius 3 is 2.44 bits per heavy atom. The minimum Gasteiger partial charge on any atom is -0.469 e. The van der Waals surface area contributed by atoms with Gasteiger partial charge in [0.25, 0.3) is 0 Å². The maximum absolute atomic E-state index is 11.4. The summed E-state index contributed by atoms with van der Waals surface area (Å²) in [7, 11) is 1.33. The lowest BCUT2D eigenvalue weighted by Gasteiger charge is -2.19. The molecule has 0 aliphatic carbocycles. The second kappa shape index (κ2) is 6.01. The van der Waals surface area contributed by atoms with E-state index < -0.39 is 12.0 Å². The fourth-order valence-electron chi connectivity index (χ4n) is 1.56. The molecule has 88 valence electrons. The number of benzene rings is 1. The van der Waals surface area contributed by atoms with Crippen molar-refractivity contribution in [2.75, 3.05) is 7.11 Å². The number of methoxy groups -OCH3 is 1. The van der Waals surface area contributed by atoms with Crippen molar-refractivity contribution < 1.29 is 14.6 Å². The maximum atomic E-state index is 11.4. The molecule has 0 amide bonds. The van der Waals surface area contributed by atoms with Crippen LogP contribution in [0.1, 0.15) is 25.0 Å². The van der Waals surface area contributed by atoms with Gasteiger partial charge in [0.1, 0.15) is 0 Å². The van der Waals surface area contributed by atoms with E-state index in [0.29, 0.717) is 6.42 Å². The van der Waals surface area contributed by atoms with Crippen molar-refractivity contribution in [3.8, 4) is 0 Å². The fourth-order valence-corrected chi connectivity index (χ4v) is 1.83. The molecule has 2 atom stereocenters. The highest BCUT2D eigenvalue weighted by atomic mass is 79.9. The van der Waals surface area contributed by atoms with Crippen molar-refractivity contribution >= 4 is 21.9 Å². The quantitative estimate of drug-likeness (QED) is 0.866. The smallest absolute Gasteiger partial charge is 0.311 e. The first kappa shape index (κ1) is 13.2. The summed E-state index contributed by atoms with van der Waals surface area (Å²) in [6, 6.07) is 7.26. The molecule has 0 saturated carbocycles. The molecule has 0 heterocycles. The largest absolute Gasteiger partial charge is 0.469 e. The fraction of sp³-hybridized carbons (Fsp3) is 0.417. The van der Waals surface area contributed by atoms with E-state index in [2.05, 4.69) is 20.7 Å². The number of carbonyl (C=O) groups is 1. The second-order valence-electron chi connectivity index (χ2n) is 3.53. The number of hydrogen-bond donors (Lipinski definition) is 1. The summed E-state index contributed by atoms with van der Waals surface area (Å²) in [5, 5.41) is 10.1. The van der Waals surface area contributed by atoms with Gasteiger partial charge in [-0.2, -0.15) is 0 Å². The highest BCUT2D eigenvalue weighted by Gasteiger charge is 2.26. The van der Waals surface area contributed by atoms with Crippen LogP contribution in [0.15, 0.2) is 28.7 Å². The van der Waals surface area contributed by atoms with Crippen molar-refractivity contribution in [1.82, 2.24) is 0 Å². The molecule has 0 saturated heterocycles. The third kappa shape index (κ3) is 3.06. The van der Waals surface area contributed by atoms with Gasteiger partial charge < -0.3 is 9.84 Å². The lowest BCUT2D eigenvalue weighted by Crippen LogP contribution is -2.22. The highest BCUT2D eigenvalue weighted by molar-refractivity contribution is 9.10. The molecule has 0 spiro atoms. The van der Waals surface area contributed by atoms with Gasteiger partial charge in [0, 0.05) is 4.47 Å². The van der Waals surface area contributed by atoms with E-state index in [1.807, 2.05) is 19.1 Å². The Labute approximate surface area is 104 Å². The summed E-state index contributed by atoms with van der Waals surface area (Å²) in [5.74, 6) is -0.885. The Hall–Kier alpha value is -0.870. The summed E-state index contributed by atoms with van der Waals surface area (Å²) in [6.45, 7) is 1.85. The van der Waals surface area contributed by atoms with Gasteiger partial charge in [-0.1, -0.05) is 35.0 Å². The number of halogens is 1. The van der Waals surface area contributed by atoms with E-state index in [1.54, 1.807) is 12.1 Å². The molecule has 0 bridgehead atoms. The van der Waals surface area contributed by atoms with E-state index in [0.717, 1.165) is 10.0 Å². The molecule has 1 N–H and O–H groups in total. The monoisotopic (exact) mass is 286 g/mol. The topological polar surface area (TPSA) is 46.5 Å². The van der Waals surface area contributed by atoms with Crippen LogP contribution in [0.25, 0.3) is 0 Å². The van der Waals surface area contributed by atoms with Crippen LogP contribution < -0.4 is 0 Å². The molecular formula is C12H15BrO3. The molecule has 1 aromatic rings. The first-order chi connectivity index (χ1) is 7.60. The normalized spacial score (nSPS) is 14.2. The summed E-state index contributed by atoms with van der Waals surface area (Å²) in [5.41, 5.74) is 0.723. The second-order valence-corrected chi connectivity index (χ2v) is 4.45. The molecule has 4 heteroatoms. The number of rotatable bonds is 4. The average Bonchev–Trinajstić information content (AvgIpc) is 2.30. The Morgan fingerprint density at radius 2 is 2.00 bits per heavy atom. The SMILES string of the molecule is CCC(C(=O)OC)C(O)c1ccc(Br)cc1. The molecule has 3 nitrogen and oxygen atoms in total. The third-order valence-corrected chi connectivity index (χ3v) is 3.07. The van der Waals surface area contributed by atoms with Gasteiger partial charge >= 0.3 is 5.97 Å². The van der Waals surface area contributed by atoms with Crippen LogP contribution in [0.4, 0.5) is 0 Å². The molecule has 16 heavy (non-hydrogen) atoms. The van der Waals surface area contributed by atoms with Gasteiger partial charge in [0.05, 0.1) is 19.1 Å². The van der Waals surface area contributed by atoms with Gasteiger partial charge in [0.15, 0.2) is 0 Å².